The molecule has 316 valence electrons. The van der Waals surface area contributed by atoms with Gasteiger partial charge < -0.3 is 64.2 Å². The average molecular weight is 783 g/mol. The number of aliphatic hydroxyl groups excluding tert-OH is 6. The highest BCUT2D eigenvalue weighted by molar-refractivity contribution is 5.22. The van der Waals surface area contributed by atoms with E-state index in [0.717, 1.165) is 44.9 Å². The molecule has 0 radical (unpaired) electrons. The van der Waals surface area contributed by atoms with Crippen molar-refractivity contribution in [3.63, 3.8) is 0 Å². The minimum absolute atomic E-state index is 0.0339. The van der Waals surface area contributed by atoms with E-state index >= 15 is 0 Å². The molecule has 0 aromatic heterocycles. The number of ether oxygens (including phenoxy) is 6. The molecule has 0 spiro atoms. The predicted octanol–water partition coefficient (Wildman–Crippen LogP) is 2.75. The molecule has 0 aromatic carbocycles. The van der Waals surface area contributed by atoms with Crippen molar-refractivity contribution in [2.45, 2.75) is 211 Å². The smallest absolute Gasteiger partial charge is 0.197 e. The van der Waals surface area contributed by atoms with Crippen LogP contribution in [0.25, 0.3) is 0 Å². The number of hydrogen-bond acceptors (Lipinski definition) is 13. The van der Waals surface area contributed by atoms with Crippen molar-refractivity contribution in [1.82, 2.24) is 0 Å². The van der Waals surface area contributed by atoms with Crippen LogP contribution in [0.1, 0.15) is 120 Å². The van der Waals surface area contributed by atoms with Gasteiger partial charge in [-0.25, -0.2) is 0 Å². The first-order chi connectivity index (χ1) is 25.5. The van der Waals surface area contributed by atoms with E-state index in [9.17, 15) is 35.7 Å². The molecule has 13 heteroatoms. The lowest BCUT2D eigenvalue weighted by molar-refractivity contribution is -0.377. The van der Waals surface area contributed by atoms with Crippen LogP contribution >= 0.6 is 0 Å². The Kier molecular flexibility index (Phi) is 9.92. The van der Waals surface area contributed by atoms with Crippen LogP contribution in [-0.4, -0.2) is 133 Å². The molecule has 4 aliphatic carbocycles. The van der Waals surface area contributed by atoms with Gasteiger partial charge in [-0.15, -0.1) is 0 Å². The molecule has 4 heterocycles. The van der Waals surface area contributed by atoms with Crippen LogP contribution in [0.15, 0.2) is 0 Å². The van der Waals surface area contributed by atoms with Gasteiger partial charge in [0.05, 0.1) is 30.5 Å². The number of hydrogen-bond donors (Lipinski definition) is 7. The van der Waals surface area contributed by atoms with Crippen molar-refractivity contribution in [2.24, 2.45) is 45.3 Å². The molecule has 4 aliphatic heterocycles. The Morgan fingerprint density at radius 1 is 0.709 bits per heavy atom. The second-order valence-electron chi connectivity index (χ2n) is 21.2. The summed E-state index contributed by atoms with van der Waals surface area (Å²) < 4.78 is 39.0. The van der Waals surface area contributed by atoms with Crippen LogP contribution in [0.5, 0.6) is 0 Å². The molecule has 2 bridgehead atoms. The lowest BCUT2D eigenvalue weighted by Crippen LogP contribution is -2.68. The van der Waals surface area contributed by atoms with E-state index in [-0.39, 0.29) is 45.4 Å². The fraction of sp³-hybridized carbons (Fsp3) is 1.00. The summed E-state index contributed by atoms with van der Waals surface area (Å²) in [5.74, 6) is 0.275. The van der Waals surface area contributed by atoms with E-state index in [1.54, 1.807) is 0 Å². The topological polar surface area (TPSA) is 197 Å². The number of fused-ring (bicyclic) bond motifs is 7. The quantitative estimate of drug-likeness (QED) is 0.195. The summed E-state index contributed by atoms with van der Waals surface area (Å²) in [5.41, 5.74) is -1.82. The minimum Gasteiger partial charge on any atom is -0.394 e. The van der Waals surface area contributed by atoms with Crippen molar-refractivity contribution >= 4 is 0 Å². The minimum atomic E-state index is -1.64. The maximum atomic E-state index is 11.6. The lowest BCUT2D eigenvalue weighted by Gasteiger charge is -2.71. The van der Waals surface area contributed by atoms with Crippen molar-refractivity contribution in [2.75, 3.05) is 6.61 Å². The summed E-state index contributed by atoms with van der Waals surface area (Å²) in [6.45, 7) is 19.0. The molecule has 0 unspecified atom stereocenters. The molecule has 0 aromatic rings. The van der Waals surface area contributed by atoms with Gasteiger partial charge in [-0.1, -0.05) is 34.6 Å². The molecule has 8 fully saturated rings. The maximum absolute atomic E-state index is 11.6. The zero-order valence-corrected chi connectivity index (χ0v) is 34.4. The van der Waals surface area contributed by atoms with Crippen molar-refractivity contribution in [3.8, 4) is 0 Å². The zero-order valence-electron chi connectivity index (χ0n) is 34.4. The highest BCUT2D eigenvalue weighted by Crippen LogP contribution is 2.78. The van der Waals surface area contributed by atoms with Gasteiger partial charge in [-0.2, -0.15) is 0 Å². The van der Waals surface area contributed by atoms with E-state index in [0.29, 0.717) is 30.6 Å². The zero-order chi connectivity index (χ0) is 40.1. The van der Waals surface area contributed by atoms with Crippen molar-refractivity contribution in [3.05, 3.63) is 0 Å². The Balaban J connectivity index is 1.07. The monoisotopic (exact) mass is 782 g/mol. The molecule has 21 atom stereocenters. The molecule has 8 rings (SSSR count). The van der Waals surface area contributed by atoms with Gasteiger partial charge in [0.15, 0.2) is 18.4 Å². The van der Waals surface area contributed by atoms with Gasteiger partial charge in [-0.3, -0.25) is 0 Å². The first-order valence-electron chi connectivity index (χ1n) is 21.2. The molecule has 7 N–H and O–H groups in total. The third-order valence-electron chi connectivity index (χ3n) is 17.9. The lowest BCUT2D eigenvalue weighted by atomic mass is 9.35. The highest BCUT2D eigenvalue weighted by Gasteiger charge is 2.75. The van der Waals surface area contributed by atoms with Gasteiger partial charge in [0, 0.05) is 6.42 Å². The fourth-order valence-electron chi connectivity index (χ4n) is 14.6. The highest BCUT2D eigenvalue weighted by atomic mass is 16.8. The van der Waals surface area contributed by atoms with Gasteiger partial charge >= 0.3 is 0 Å². The summed E-state index contributed by atoms with van der Waals surface area (Å²) in [7, 11) is 0. The molecule has 55 heavy (non-hydrogen) atoms. The summed E-state index contributed by atoms with van der Waals surface area (Å²) in [6.07, 6.45) is -5.69. The Bertz CT molecular complexity index is 1460. The van der Waals surface area contributed by atoms with Crippen LogP contribution in [0.4, 0.5) is 0 Å². The standard InChI is InChI=1S/C42H70O13/c1-20-28(44)30(46)32(48)34(50-20)53-33-31(47)29(45)23(19-43)51-35(33)52-26-12-13-38(6)24(36(26,2)3)11-15-39(7)25(38)18-22-27-21(10-14-40(27,39)8)41(9)16-17-42(54-22,55-41)37(4,5)49/h20-35,43-49H,10-19H2,1-9H3/t20-,21-,22+,23+,24-,25+,26-,27-,28-,29+,30+,31-,32+,33+,34-,35-,38-,39+,40+,41-,42-/m0/s1. The molecular weight excluding hydrogens is 712 g/mol. The molecular formula is C42H70O13. The Morgan fingerprint density at radius 2 is 1.40 bits per heavy atom. The molecule has 4 saturated heterocycles. The SMILES string of the molecule is C[C@@H]1O[C@@H](O[C@H]2[C@H](O[C@H]3CC[C@]4(C)[C@H]5C[C@H]6O[C@@]7(C(C)(C)O)CC[C@](C)(O7)[C@H]7CC[C@](C)([C@H]67)[C@]5(C)CC[C@H]4C3(C)C)O[C@H](CO)[C@@H](O)[C@@H]2O)[C@H](O)[C@H](O)[C@H]1O. The van der Waals surface area contributed by atoms with Gasteiger partial charge in [-0.05, 0) is 124 Å². The van der Waals surface area contributed by atoms with Crippen LogP contribution in [0, 0.1) is 45.3 Å². The van der Waals surface area contributed by atoms with Gasteiger partial charge in [0.1, 0.15) is 48.3 Å². The fourth-order valence-corrected chi connectivity index (χ4v) is 14.6. The Morgan fingerprint density at radius 3 is 2.07 bits per heavy atom. The molecule has 13 nitrogen and oxygen atoms in total. The summed E-state index contributed by atoms with van der Waals surface area (Å²) in [6, 6.07) is 0. The normalized spacial score (nSPS) is 58.7. The second-order valence-corrected chi connectivity index (χ2v) is 21.2. The largest absolute Gasteiger partial charge is 0.394 e. The summed E-state index contributed by atoms with van der Waals surface area (Å²) in [4.78, 5) is 0. The first kappa shape index (κ1) is 41.2. The summed E-state index contributed by atoms with van der Waals surface area (Å²) in [5, 5.41) is 75.4. The van der Waals surface area contributed by atoms with Gasteiger partial charge in [0.25, 0.3) is 0 Å². The Hall–Kier alpha value is -0.520. The third kappa shape index (κ3) is 5.72. The average Bonchev–Trinajstić information content (AvgIpc) is 3.63. The van der Waals surface area contributed by atoms with Crippen LogP contribution < -0.4 is 0 Å². The van der Waals surface area contributed by atoms with E-state index in [1.807, 2.05) is 13.8 Å². The van der Waals surface area contributed by atoms with Gasteiger partial charge in [0.2, 0.25) is 0 Å². The maximum Gasteiger partial charge on any atom is 0.197 e. The van der Waals surface area contributed by atoms with E-state index in [4.69, 9.17) is 28.4 Å². The number of rotatable bonds is 6. The molecule has 0 amide bonds. The van der Waals surface area contributed by atoms with E-state index in [1.165, 1.54) is 6.92 Å². The Labute approximate surface area is 326 Å². The second kappa shape index (κ2) is 13.2. The van der Waals surface area contributed by atoms with Crippen molar-refractivity contribution < 1.29 is 64.2 Å². The molecule has 4 saturated carbocycles. The first-order valence-corrected chi connectivity index (χ1v) is 21.2. The predicted molar refractivity (Wildman–Crippen MR) is 197 cm³/mol. The van der Waals surface area contributed by atoms with Crippen molar-refractivity contribution in [1.29, 1.82) is 0 Å². The third-order valence-corrected chi connectivity index (χ3v) is 17.9. The van der Waals surface area contributed by atoms with E-state index < -0.39 is 79.4 Å². The van der Waals surface area contributed by atoms with Crippen LogP contribution in [0.2, 0.25) is 0 Å². The van der Waals surface area contributed by atoms with E-state index in [2.05, 4.69) is 41.5 Å². The molecule has 8 aliphatic rings. The van der Waals surface area contributed by atoms with Crippen LogP contribution in [-0.2, 0) is 28.4 Å². The van der Waals surface area contributed by atoms with Crippen LogP contribution in [0.3, 0.4) is 0 Å². The summed E-state index contributed by atoms with van der Waals surface area (Å²) >= 11 is 0. The number of aliphatic hydroxyl groups is 7.